The van der Waals surface area contributed by atoms with Crippen LogP contribution in [0, 0.1) is 13.8 Å². The molecule has 5 heteroatoms. The SMILES string of the molecule is Cc1ccc(NC(=O)c2nonc2C)cc1. The largest absolute Gasteiger partial charge is 0.320 e. The summed E-state index contributed by atoms with van der Waals surface area (Å²) in [6.07, 6.45) is 0. The maximum Gasteiger partial charge on any atom is 0.279 e. The van der Waals surface area contributed by atoms with Crippen molar-refractivity contribution in [1.82, 2.24) is 10.3 Å². The Morgan fingerprint density at radius 3 is 2.44 bits per heavy atom. The fraction of sp³-hybridized carbons (Fsp3) is 0.182. The first-order valence-corrected chi connectivity index (χ1v) is 4.84. The smallest absolute Gasteiger partial charge is 0.279 e. The highest BCUT2D eigenvalue weighted by Crippen LogP contribution is 2.10. The first-order valence-electron chi connectivity index (χ1n) is 4.84. The Morgan fingerprint density at radius 2 is 1.88 bits per heavy atom. The summed E-state index contributed by atoms with van der Waals surface area (Å²) in [5.74, 6) is -0.317. The van der Waals surface area contributed by atoms with E-state index in [2.05, 4.69) is 20.3 Å². The Kier molecular flexibility index (Phi) is 2.68. The van der Waals surface area contributed by atoms with Crippen LogP contribution in [0.2, 0.25) is 0 Å². The number of hydrogen-bond donors (Lipinski definition) is 1. The third-order valence-electron chi connectivity index (χ3n) is 2.18. The number of nitrogens with zero attached hydrogens (tertiary/aromatic N) is 2. The van der Waals surface area contributed by atoms with Gasteiger partial charge in [-0.3, -0.25) is 4.79 Å². The number of carbonyl (C=O) groups excluding carboxylic acids is 1. The van der Waals surface area contributed by atoms with Crippen molar-refractivity contribution in [2.75, 3.05) is 5.32 Å². The minimum absolute atomic E-state index is 0.209. The number of aryl methyl sites for hydroxylation is 2. The van der Waals surface area contributed by atoms with E-state index in [9.17, 15) is 4.79 Å². The second-order valence-corrected chi connectivity index (χ2v) is 3.52. The Hall–Kier alpha value is -2.17. The lowest BCUT2D eigenvalue weighted by Gasteiger charge is -2.02. The van der Waals surface area contributed by atoms with E-state index in [1.807, 2.05) is 31.2 Å². The molecule has 1 N–H and O–H groups in total. The summed E-state index contributed by atoms with van der Waals surface area (Å²) in [5.41, 5.74) is 2.54. The van der Waals surface area contributed by atoms with Crippen molar-refractivity contribution in [3.63, 3.8) is 0 Å². The van der Waals surface area contributed by atoms with Gasteiger partial charge in [-0.2, -0.15) is 0 Å². The lowest BCUT2D eigenvalue weighted by Crippen LogP contribution is -2.13. The van der Waals surface area contributed by atoms with Gasteiger partial charge >= 0.3 is 0 Å². The summed E-state index contributed by atoms with van der Waals surface area (Å²) >= 11 is 0. The van der Waals surface area contributed by atoms with Gasteiger partial charge in [0, 0.05) is 5.69 Å². The first-order chi connectivity index (χ1) is 7.66. The van der Waals surface area contributed by atoms with Gasteiger partial charge in [-0.25, -0.2) is 4.63 Å². The Balaban J connectivity index is 2.14. The third-order valence-corrected chi connectivity index (χ3v) is 2.18. The number of nitrogens with one attached hydrogen (secondary N) is 1. The zero-order chi connectivity index (χ0) is 11.5. The predicted octanol–water partition coefficient (Wildman–Crippen LogP) is 1.94. The number of anilines is 1. The number of aromatic nitrogens is 2. The van der Waals surface area contributed by atoms with Crippen LogP contribution < -0.4 is 5.32 Å². The molecule has 0 fully saturated rings. The lowest BCUT2D eigenvalue weighted by molar-refractivity contribution is 0.101. The van der Waals surface area contributed by atoms with Crippen LogP contribution in [0.5, 0.6) is 0 Å². The second kappa shape index (κ2) is 4.14. The molecule has 2 rings (SSSR count). The van der Waals surface area contributed by atoms with Crippen molar-refractivity contribution >= 4 is 11.6 Å². The average Bonchev–Trinajstić information content (AvgIpc) is 2.68. The highest BCUT2D eigenvalue weighted by molar-refractivity contribution is 6.03. The van der Waals surface area contributed by atoms with Gasteiger partial charge in [0.25, 0.3) is 5.91 Å². The van der Waals surface area contributed by atoms with E-state index in [1.165, 1.54) is 0 Å². The number of rotatable bonds is 2. The molecule has 2 aromatic rings. The summed E-state index contributed by atoms with van der Waals surface area (Å²) < 4.78 is 4.46. The molecule has 0 bridgehead atoms. The molecule has 1 amide bonds. The van der Waals surface area contributed by atoms with Crippen LogP contribution in [-0.2, 0) is 0 Å². The van der Waals surface area contributed by atoms with Gasteiger partial charge in [0.2, 0.25) is 0 Å². The minimum Gasteiger partial charge on any atom is -0.320 e. The first kappa shape index (κ1) is 10.4. The normalized spacial score (nSPS) is 10.1. The molecule has 0 unspecified atom stereocenters. The van der Waals surface area contributed by atoms with E-state index in [-0.39, 0.29) is 11.6 Å². The molecule has 0 spiro atoms. The maximum atomic E-state index is 11.7. The van der Waals surface area contributed by atoms with E-state index >= 15 is 0 Å². The van der Waals surface area contributed by atoms with Crippen molar-refractivity contribution in [2.24, 2.45) is 0 Å². The summed E-state index contributed by atoms with van der Waals surface area (Å²) in [6, 6.07) is 7.50. The highest BCUT2D eigenvalue weighted by Gasteiger charge is 2.14. The fourth-order valence-corrected chi connectivity index (χ4v) is 1.26. The monoisotopic (exact) mass is 217 g/mol. The molecule has 0 aliphatic carbocycles. The van der Waals surface area contributed by atoms with Crippen molar-refractivity contribution in [1.29, 1.82) is 0 Å². The van der Waals surface area contributed by atoms with Crippen LogP contribution >= 0.6 is 0 Å². The van der Waals surface area contributed by atoms with Crippen LogP contribution in [0.3, 0.4) is 0 Å². The molecular weight excluding hydrogens is 206 g/mol. The average molecular weight is 217 g/mol. The Morgan fingerprint density at radius 1 is 1.19 bits per heavy atom. The molecular formula is C11H11N3O2. The molecule has 16 heavy (non-hydrogen) atoms. The van der Waals surface area contributed by atoms with Crippen LogP contribution in [0.25, 0.3) is 0 Å². The Bertz CT molecular complexity index is 502. The molecule has 0 radical (unpaired) electrons. The topological polar surface area (TPSA) is 68.0 Å². The minimum atomic E-state index is -0.317. The van der Waals surface area contributed by atoms with Gasteiger partial charge in [-0.15, -0.1) is 0 Å². The number of carbonyl (C=O) groups is 1. The van der Waals surface area contributed by atoms with Gasteiger partial charge in [-0.1, -0.05) is 22.9 Å². The summed E-state index contributed by atoms with van der Waals surface area (Å²) in [6.45, 7) is 3.65. The van der Waals surface area contributed by atoms with Gasteiger partial charge in [-0.05, 0) is 31.1 Å². The van der Waals surface area contributed by atoms with Crippen LogP contribution in [0.4, 0.5) is 5.69 Å². The van der Waals surface area contributed by atoms with Gasteiger partial charge < -0.3 is 5.32 Å². The van der Waals surface area contributed by atoms with Crippen LogP contribution in [-0.4, -0.2) is 16.2 Å². The van der Waals surface area contributed by atoms with Crippen molar-refractivity contribution in [2.45, 2.75) is 13.8 Å². The maximum absolute atomic E-state index is 11.7. The molecule has 82 valence electrons. The molecule has 0 aliphatic heterocycles. The number of amides is 1. The van der Waals surface area contributed by atoms with Crippen molar-refractivity contribution in [3.05, 3.63) is 41.2 Å². The van der Waals surface area contributed by atoms with Gasteiger partial charge in [0.1, 0.15) is 5.69 Å². The molecule has 0 aliphatic rings. The molecule has 0 atom stereocenters. The second-order valence-electron chi connectivity index (χ2n) is 3.52. The molecule has 1 aromatic heterocycles. The molecule has 0 saturated heterocycles. The predicted molar refractivity (Wildman–Crippen MR) is 58.2 cm³/mol. The van der Waals surface area contributed by atoms with E-state index < -0.39 is 0 Å². The highest BCUT2D eigenvalue weighted by atomic mass is 16.6. The van der Waals surface area contributed by atoms with E-state index in [1.54, 1.807) is 6.92 Å². The Labute approximate surface area is 92.4 Å². The van der Waals surface area contributed by atoms with E-state index in [0.717, 1.165) is 11.3 Å². The summed E-state index contributed by atoms with van der Waals surface area (Å²) in [4.78, 5) is 11.7. The molecule has 5 nitrogen and oxygen atoms in total. The van der Waals surface area contributed by atoms with Crippen molar-refractivity contribution < 1.29 is 9.42 Å². The third kappa shape index (κ3) is 2.08. The lowest BCUT2D eigenvalue weighted by atomic mass is 10.2. The standard InChI is InChI=1S/C11H11N3O2/c1-7-3-5-9(6-4-7)12-11(15)10-8(2)13-16-14-10/h3-6H,1-2H3,(H,12,15). The molecule has 1 aromatic carbocycles. The van der Waals surface area contributed by atoms with Gasteiger partial charge in [0.05, 0.1) is 0 Å². The molecule has 0 saturated carbocycles. The van der Waals surface area contributed by atoms with Crippen molar-refractivity contribution in [3.8, 4) is 0 Å². The quantitative estimate of drug-likeness (QED) is 0.834. The van der Waals surface area contributed by atoms with E-state index in [0.29, 0.717) is 5.69 Å². The summed E-state index contributed by atoms with van der Waals surface area (Å²) in [5, 5.41) is 9.79. The van der Waals surface area contributed by atoms with E-state index in [4.69, 9.17) is 0 Å². The van der Waals surface area contributed by atoms with Crippen LogP contribution in [0.1, 0.15) is 21.7 Å². The molecule has 1 heterocycles. The summed E-state index contributed by atoms with van der Waals surface area (Å²) in [7, 11) is 0. The number of benzene rings is 1. The fourth-order valence-electron chi connectivity index (χ4n) is 1.26. The zero-order valence-electron chi connectivity index (χ0n) is 9.02. The number of hydrogen-bond acceptors (Lipinski definition) is 4. The van der Waals surface area contributed by atoms with Gasteiger partial charge in [0.15, 0.2) is 5.69 Å². The zero-order valence-corrected chi connectivity index (χ0v) is 9.02. The van der Waals surface area contributed by atoms with Crippen LogP contribution in [0.15, 0.2) is 28.9 Å².